The van der Waals surface area contributed by atoms with Crippen molar-refractivity contribution in [3.05, 3.63) is 60.4 Å². The molecule has 0 saturated carbocycles. The van der Waals surface area contributed by atoms with Gasteiger partial charge >= 0.3 is 0 Å². The van der Waals surface area contributed by atoms with Gasteiger partial charge in [0.05, 0.1) is 6.20 Å². The molecule has 3 heteroatoms. The number of rotatable bonds is 4. The molecular formula is C17H19N3. The maximum atomic E-state index is 4.37. The van der Waals surface area contributed by atoms with Crippen LogP contribution >= 0.6 is 0 Å². The van der Waals surface area contributed by atoms with E-state index in [4.69, 9.17) is 0 Å². The van der Waals surface area contributed by atoms with E-state index in [1.165, 1.54) is 22.0 Å². The Morgan fingerprint density at radius 2 is 1.90 bits per heavy atom. The lowest BCUT2D eigenvalue weighted by Crippen LogP contribution is -2.01. The molecule has 0 atom stereocenters. The highest BCUT2D eigenvalue weighted by atomic mass is 15.3. The van der Waals surface area contributed by atoms with E-state index in [-0.39, 0.29) is 0 Å². The minimum Gasteiger partial charge on any atom is -0.380 e. The second-order valence-electron chi connectivity index (χ2n) is 5.30. The van der Waals surface area contributed by atoms with Gasteiger partial charge in [0.15, 0.2) is 0 Å². The van der Waals surface area contributed by atoms with Gasteiger partial charge in [-0.05, 0) is 25.3 Å². The summed E-state index contributed by atoms with van der Waals surface area (Å²) in [6, 6.07) is 15.2. The molecule has 0 aliphatic heterocycles. The maximum Gasteiger partial charge on any atom is 0.0539 e. The van der Waals surface area contributed by atoms with E-state index < -0.39 is 0 Å². The average Bonchev–Trinajstić information content (AvgIpc) is 2.94. The molecule has 3 rings (SSSR count). The van der Waals surface area contributed by atoms with Crippen molar-refractivity contribution in [3.8, 4) is 0 Å². The van der Waals surface area contributed by atoms with Gasteiger partial charge in [0.25, 0.3) is 0 Å². The summed E-state index contributed by atoms with van der Waals surface area (Å²) in [5.74, 6) is 0. The summed E-state index contributed by atoms with van der Waals surface area (Å²) < 4.78 is 1.99. The monoisotopic (exact) mass is 265 g/mol. The summed E-state index contributed by atoms with van der Waals surface area (Å²) in [5, 5.41) is 10.4. The highest BCUT2D eigenvalue weighted by molar-refractivity contribution is 5.93. The van der Waals surface area contributed by atoms with Crippen molar-refractivity contribution in [2.45, 2.75) is 26.4 Å². The Morgan fingerprint density at radius 1 is 1.10 bits per heavy atom. The molecule has 20 heavy (non-hydrogen) atoms. The van der Waals surface area contributed by atoms with Gasteiger partial charge in [0, 0.05) is 35.4 Å². The van der Waals surface area contributed by atoms with Crippen LogP contribution in [0.25, 0.3) is 10.8 Å². The van der Waals surface area contributed by atoms with Crippen LogP contribution < -0.4 is 5.32 Å². The number of nitrogens with one attached hydrogen (secondary N) is 1. The van der Waals surface area contributed by atoms with Crippen LogP contribution in [0.2, 0.25) is 0 Å². The van der Waals surface area contributed by atoms with Gasteiger partial charge in [-0.3, -0.25) is 4.68 Å². The van der Waals surface area contributed by atoms with Crippen LogP contribution in [0.5, 0.6) is 0 Å². The number of fused-ring (bicyclic) bond motifs is 1. The number of hydrogen-bond acceptors (Lipinski definition) is 2. The van der Waals surface area contributed by atoms with Crippen molar-refractivity contribution in [2.24, 2.45) is 0 Å². The van der Waals surface area contributed by atoms with E-state index in [2.05, 4.69) is 72.9 Å². The second kappa shape index (κ2) is 5.37. The molecule has 0 amide bonds. The maximum absolute atomic E-state index is 4.37. The van der Waals surface area contributed by atoms with Crippen molar-refractivity contribution in [1.29, 1.82) is 0 Å². The standard InChI is InChI=1S/C17H19N3/c1-13(2)20-12-14(11-19-20)10-18-17-9-5-7-15-6-3-4-8-16(15)17/h3-9,11-13,18H,10H2,1-2H3. The molecule has 0 aliphatic rings. The Kier molecular flexibility index (Phi) is 3.42. The lowest BCUT2D eigenvalue weighted by Gasteiger charge is -2.09. The van der Waals surface area contributed by atoms with Crippen LogP contribution in [0.15, 0.2) is 54.9 Å². The summed E-state index contributed by atoms with van der Waals surface area (Å²) in [5.41, 5.74) is 2.37. The molecule has 0 radical (unpaired) electrons. The molecule has 0 aliphatic carbocycles. The van der Waals surface area contributed by atoms with E-state index in [1.54, 1.807) is 0 Å². The summed E-state index contributed by atoms with van der Waals surface area (Å²) in [7, 11) is 0. The molecule has 1 heterocycles. The number of aromatic nitrogens is 2. The molecule has 102 valence electrons. The first-order valence-electron chi connectivity index (χ1n) is 6.99. The largest absolute Gasteiger partial charge is 0.380 e. The Labute approximate surface area is 119 Å². The fraction of sp³-hybridized carbons (Fsp3) is 0.235. The first-order valence-corrected chi connectivity index (χ1v) is 6.99. The number of benzene rings is 2. The molecule has 3 nitrogen and oxygen atoms in total. The van der Waals surface area contributed by atoms with Crippen LogP contribution in [0.4, 0.5) is 5.69 Å². The summed E-state index contributed by atoms with van der Waals surface area (Å²) in [6.07, 6.45) is 4.03. The van der Waals surface area contributed by atoms with Crippen LogP contribution in [0, 0.1) is 0 Å². The highest BCUT2D eigenvalue weighted by Crippen LogP contribution is 2.23. The van der Waals surface area contributed by atoms with Gasteiger partial charge < -0.3 is 5.32 Å². The topological polar surface area (TPSA) is 29.9 Å². The molecule has 0 fully saturated rings. The van der Waals surface area contributed by atoms with E-state index in [0.717, 1.165) is 6.54 Å². The first-order chi connectivity index (χ1) is 9.74. The summed E-state index contributed by atoms with van der Waals surface area (Å²) >= 11 is 0. The van der Waals surface area contributed by atoms with Gasteiger partial charge in [-0.15, -0.1) is 0 Å². The minimum absolute atomic E-state index is 0.404. The highest BCUT2D eigenvalue weighted by Gasteiger charge is 2.03. The minimum atomic E-state index is 0.404. The molecule has 0 unspecified atom stereocenters. The second-order valence-corrected chi connectivity index (χ2v) is 5.30. The van der Waals surface area contributed by atoms with Crippen LogP contribution in [0.1, 0.15) is 25.5 Å². The lowest BCUT2D eigenvalue weighted by atomic mass is 10.1. The third kappa shape index (κ3) is 2.52. The quantitative estimate of drug-likeness (QED) is 0.765. The van der Waals surface area contributed by atoms with E-state index >= 15 is 0 Å². The Bertz CT molecular complexity index is 708. The van der Waals surface area contributed by atoms with Crippen LogP contribution in [-0.4, -0.2) is 9.78 Å². The SMILES string of the molecule is CC(C)n1cc(CNc2cccc3ccccc23)cn1. The van der Waals surface area contributed by atoms with Gasteiger partial charge in [-0.2, -0.15) is 5.10 Å². The fourth-order valence-electron chi connectivity index (χ4n) is 2.33. The van der Waals surface area contributed by atoms with Crippen LogP contribution in [-0.2, 0) is 6.54 Å². The molecule has 2 aromatic carbocycles. The van der Waals surface area contributed by atoms with Gasteiger partial charge in [-0.1, -0.05) is 36.4 Å². The lowest BCUT2D eigenvalue weighted by molar-refractivity contribution is 0.532. The molecule has 0 saturated heterocycles. The molecule has 1 N–H and O–H groups in total. The summed E-state index contributed by atoms with van der Waals surface area (Å²) in [6.45, 7) is 5.06. The van der Waals surface area contributed by atoms with E-state index in [0.29, 0.717) is 6.04 Å². The van der Waals surface area contributed by atoms with Gasteiger partial charge in [-0.25, -0.2) is 0 Å². The third-order valence-corrected chi connectivity index (χ3v) is 3.46. The number of anilines is 1. The van der Waals surface area contributed by atoms with Crippen molar-refractivity contribution < 1.29 is 0 Å². The van der Waals surface area contributed by atoms with Crippen molar-refractivity contribution in [3.63, 3.8) is 0 Å². The zero-order valence-corrected chi connectivity index (χ0v) is 11.9. The number of nitrogens with zero attached hydrogens (tertiary/aromatic N) is 2. The van der Waals surface area contributed by atoms with E-state index in [9.17, 15) is 0 Å². The Morgan fingerprint density at radius 3 is 2.70 bits per heavy atom. The zero-order chi connectivity index (χ0) is 13.9. The zero-order valence-electron chi connectivity index (χ0n) is 11.9. The fourth-order valence-corrected chi connectivity index (χ4v) is 2.33. The predicted octanol–water partition coefficient (Wildman–Crippen LogP) is 4.23. The molecular weight excluding hydrogens is 246 g/mol. The molecule has 1 aromatic heterocycles. The van der Waals surface area contributed by atoms with E-state index in [1.807, 2.05) is 10.9 Å². The molecule has 0 bridgehead atoms. The first kappa shape index (κ1) is 12.7. The predicted molar refractivity (Wildman–Crippen MR) is 83.9 cm³/mol. The van der Waals surface area contributed by atoms with Crippen molar-refractivity contribution in [1.82, 2.24) is 9.78 Å². The molecule has 3 aromatic rings. The Balaban J connectivity index is 1.79. The van der Waals surface area contributed by atoms with Crippen molar-refractivity contribution >= 4 is 16.5 Å². The smallest absolute Gasteiger partial charge is 0.0539 e. The van der Waals surface area contributed by atoms with Crippen molar-refractivity contribution in [2.75, 3.05) is 5.32 Å². The number of hydrogen-bond donors (Lipinski definition) is 1. The Hall–Kier alpha value is -2.29. The van der Waals surface area contributed by atoms with Gasteiger partial charge in [0.2, 0.25) is 0 Å². The average molecular weight is 265 g/mol. The summed E-state index contributed by atoms with van der Waals surface area (Å²) in [4.78, 5) is 0. The normalized spacial score (nSPS) is 11.2. The van der Waals surface area contributed by atoms with Gasteiger partial charge in [0.1, 0.15) is 0 Å². The molecule has 0 spiro atoms. The third-order valence-electron chi connectivity index (χ3n) is 3.46. The van der Waals surface area contributed by atoms with Crippen LogP contribution in [0.3, 0.4) is 0 Å².